The Morgan fingerprint density at radius 2 is 1.73 bits per heavy atom. The first-order chi connectivity index (χ1) is 15.7. The lowest BCUT2D eigenvalue weighted by atomic mass is 9.90. The number of aryl methyl sites for hydroxylation is 2. The molecule has 1 spiro atoms. The Morgan fingerprint density at radius 3 is 2.39 bits per heavy atom. The minimum Gasteiger partial charge on any atom is -0.352 e. The number of benzene rings is 2. The lowest BCUT2D eigenvalue weighted by Gasteiger charge is -2.33. The molecule has 1 saturated carbocycles. The SMILES string of the molecule is Cc1ccc(CCC(=O)N2CCC3(CC2)CC3C(=O)NCc2ccccc2C(F)(F)F)cc1. The second-order valence-corrected chi connectivity index (χ2v) is 9.36. The van der Waals surface area contributed by atoms with E-state index >= 15 is 0 Å². The van der Waals surface area contributed by atoms with Gasteiger partial charge in [0.15, 0.2) is 0 Å². The third kappa shape index (κ3) is 5.40. The van der Waals surface area contributed by atoms with Crippen molar-refractivity contribution in [2.75, 3.05) is 13.1 Å². The maximum atomic E-state index is 13.2. The van der Waals surface area contributed by atoms with Crippen LogP contribution in [0.4, 0.5) is 13.2 Å². The van der Waals surface area contributed by atoms with Crippen molar-refractivity contribution in [2.45, 2.75) is 51.7 Å². The number of carbonyl (C=O) groups excluding carboxylic acids is 2. The van der Waals surface area contributed by atoms with Gasteiger partial charge in [0, 0.05) is 32.0 Å². The Bertz CT molecular complexity index is 1010. The first-order valence-corrected chi connectivity index (χ1v) is 11.4. The van der Waals surface area contributed by atoms with Gasteiger partial charge in [-0.25, -0.2) is 0 Å². The van der Waals surface area contributed by atoms with E-state index in [1.54, 1.807) is 6.07 Å². The minimum atomic E-state index is -4.44. The molecule has 2 amide bonds. The maximum Gasteiger partial charge on any atom is 0.416 e. The highest BCUT2D eigenvalue weighted by molar-refractivity contribution is 5.83. The van der Waals surface area contributed by atoms with Gasteiger partial charge in [0.05, 0.1) is 5.56 Å². The molecule has 1 heterocycles. The maximum absolute atomic E-state index is 13.2. The van der Waals surface area contributed by atoms with Crippen molar-refractivity contribution in [3.63, 3.8) is 0 Å². The number of piperidine rings is 1. The van der Waals surface area contributed by atoms with Crippen molar-refractivity contribution < 1.29 is 22.8 Å². The molecule has 7 heteroatoms. The summed E-state index contributed by atoms with van der Waals surface area (Å²) in [5.41, 5.74) is 1.59. The molecular formula is C26H29F3N2O2. The van der Waals surface area contributed by atoms with Crippen molar-refractivity contribution >= 4 is 11.8 Å². The topological polar surface area (TPSA) is 49.4 Å². The lowest BCUT2D eigenvalue weighted by Crippen LogP contribution is -2.40. The summed E-state index contributed by atoms with van der Waals surface area (Å²) in [4.78, 5) is 27.1. The molecule has 2 aromatic carbocycles. The zero-order valence-electron chi connectivity index (χ0n) is 18.8. The summed E-state index contributed by atoms with van der Waals surface area (Å²) in [6, 6.07) is 13.5. The van der Waals surface area contributed by atoms with Crippen LogP contribution in [-0.4, -0.2) is 29.8 Å². The average Bonchev–Trinajstić information content (AvgIpc) is 3.50. The van der Waals surface area contributed by atoms with Crippen LogP contribution >= 0.6 is 0 Å². The van der Waals surface area contributed by atoms with Gasteiger partial charge >= 0.3 is 6.18 Å². The number of nitrogens with one attached hydrogen (secondary N) is 1. The van der Waals surface area contributed by atoms with E-state index in [0.717, 1.165) is 30.9 Å². The van der Waals surface area contributed by atoms with Gasteiger partial charge in [-0.15, -0.1) is 0 Å². The smallest absolute Gasteiger partial charge is 0.352 e. The highest BCUT2D eigenvalue weighted by Gasteiger charge is 2.58. The summed E-state index contributed by atoms with van der Waals surface area (Å²) >= 11 is 0. The number of nitrogens with zero attached hydrogens (tertiary/aromatic N) is 1. The predicted octanol–water partition coefficient (Wildman–Crippen LogP) is 4.89. The molecule has 1 aliphatic heterocycles. The molecule has 1 N–H and O–H groups in total. The van der Waals surface area contributed by atoms with Crippen molar-refractivity contribution in [3.05, 3.63) is 70.8 Å². The Kier molecular flexibility index (Phi) is 6.50. The number of hydrogen-bond acceptors (Lipinski definition) is 2. The zero-order chi connectivity index (χ0) is 23.6. The van der Waals surface area contributed by atoms with E-state index in [2.05, 4.69) is 5.32 Å². The Balaban J connectivity index is 1.24. The third-order valence-corrected chi connectivity index (χ3v) is 7.14. The summed E-state index contributed by atoms with van der Waals surface area (Å²) in [6.07, 6.45) is -0.989. The van der Waals surface area contributed by atoms with Gasteiger partial charge in [0.1, 0.15) is 0 Å². The van der Waals surface area contributed by atoms with Gasteiger partial charge in [0.25, 0.3) is 0 Å². The third-order valence-electron chi connectivity index (χ3n) is 7.14. The van der Waals surface area contributed by atoms with E-state index in [4.69, 9.17) is 0 Å². The van der Waals surface area contributed by atoms with Gasteiger partial charge in [-0.3, -0.25) is 9.59 Å². The predicted molar refractivity (Wildman–Crippen MR) is 119 cm³/mol. The van der Waals surface area contributed by atoms with E-state index in [0.29, 0.717) is 25.9 Å². The molecule has 4 nitrogen and oxygen atoms in total. The highest BCUT2D eigenvalue weighted by Crippen LogP contribution is 2.59. The van der Waals surface area contributed by atoms with Crippen molar-refractivity contribution in [1.29, 1.82) is 0 Å². The van der Waals surface area contributed by atoms with Crippen LogP contribution in [0.2, 0.25) is 0 Å². The van der Waals surface area contributed by atoms with Crippen LogP contribution in [0.5, 0.6) is 0 Å². The fraction of sp³-hybridized carbons (Fsp3) is 0.462. The fourth-order valence-electron chi connectivity index (χ4n) is 4.89. The number of hydrogen-bond donors (Lipinski definition) is 1. The number of rotatable bonds is 6. The Morgan fingerprint density at radius 1 is 1.06 bits per heavy atom. The van der Waals surface area contributed by atoms with E-state index in [1.807, 2.05) is 36.1 Å². The molecule has 0 bridgehead atoms. The van der Waals surface area contributed by atoms with Crippen LogP contribution in [0.3, 0.4) is 0 Å². The van der Waals surface area contributed by atoms with Crippen LogP contribution in [0.25, 0.3) is 0 Å². The molecule has 2 fully saturated rings. The minimum absolute atomic E-state index is 0.0713. The van der Waals surface area contributed by atoms with Crippen LogP contribution in [0.1, 0.15) is 47.9 Å². The molecule has 1 aliphatic carbocycles. The second-order valence-electron chi connectivity index (χ2n) is 9.36. The van der Waals surface area contributed by atoms with Crippen LogP contribution in [0, 0.1) is 18.3 Å². The van der Waals surface area contributed by atoms with Gasteiger partial charge < -0.3 is 10.2 Å². The molecule has 1 atom stereocenters. The van der Waals surface area contributed by atoms with Gasteiger partial charge in [0.2, 0.25) is 11.8 Å². The normalized spacial score (nSPS) is 19.4. The molecule has 2 aliphatic rings. The second kappa shape index (κ2) is 9.20. The molecule has 1 saturated heterocycles. The largest absolute Gasteiger partial charge is 0.416 e. The number of alkyl halides is 3. The van der Waals surface area contributed by atoms with Gasteiger partial charge in [-0.2, -0.15) is 13.2 Å². The summed E-state index contributed by atoms with van der Waals surface area (Å²) in [5, 5.41) is 2.70. The molecule has 0 radical (unpaired) electrons. The molecule has 0 aromatic heterocycles. The first kappa shape index (κ1) is 23.3. The molecular weight excluding hydrogens is 429 g/mol. The number of amides is 2. The van der Waals surface area contributed by atoms with Crippen LogP contribution in [-0.2, 0) is 28.7 Å². The fourth-order valence-corrected chi connectivity index (χ4v) is 4.89. The van der Waals surface area contributed by atoms with Crippen LogP contribution < -0.4 is 5.32 Å². The van der Waals surface area contributed by atoms with Gasteiger partial charge in [-0.1, -0.05) is 48.0 Å². The van der Waals surface area contributed by atoms with E-state index in [9.17, 15) is 22.8 Å². The summed E-state index contributed by atoms with van der Waals surface area (Å²) < 4.78 is 39.5. The van der Waals surface area contributed by atoms with E-state index in [-0.39, 0.29) is 35.3 Å². The molecule has 4 rings (SSSR count). The number of carbonyl (C=O) groups is 2. The standard InChI is InChI=1S/C26H29F3N2O2/c1-18-6-8-19(9-7-18)10-11-23(32)31-14-12-25(13-15-31)16-22(25)24(33)30-17-20-4-2-3-5-21(20)26(27,28)29/h2-9,22H,10-17H2,1H3,(H,30,33). The Labute approximate surface area is 192 Å². The lowest BCUT2D eigenvalue weighted by molar-refractivity contribution is -0.138. The Hall–Kier alpha value is -2.83. The summed E-state index contributed by atoms with van der Waals surface area (Å²) in [5.74, 6) is -0.234. The van der Waals surface area contributed by atoms with Crippen molar-refractivity contribution in [1.82, 2.24) is 10.2 Å². The monoisotopic (exact) mass is 458 g/mol. The van der Waals surface area contributed by atoms with Gasteiger partial charge in [-0.05, 0) is 55.2 Å². The van der Waals surface area contributed by atoms with Crippen molar-refractivity contribution in [2.24, 2.45) is 11.3 Å². The average molecular weight is 459 g/mol. The molecule has 33 heavy (non-hydrogen) atoms. The number of halogens is 3. The van der Waals surface area contributed by atoms with Crippen molar-refractivity contribution in [3.8, 4) is 0 Å². The van der Waals surface area contributed by atoms with E-state index in [1.165, 1.54) is 17.7 Å². The summed E-state index contributed by atoms with van der Waals surface area (Å²) in [6.45, 7) is 3.16. The quantitative estimate of drug-likeness (QED) is 0.670. The zero-order valence-corrected chi connectivity index (χ0v) is 18.8. The molecule has 176 valence electrons. The number of likely N-dealkylation sites (tertiary alicyclic amines) is 1. The highest BCUT2D eigenvalue weighted by atomic mass is 19.4. The molecule has 2 aromatic rings. The molecule has 1 unspecified atom stereocenters. The van der Waals surface area contributed by atoms with E-state index < -0.39 is 11.7 Å². The summed E-state index contributed by atoms with van der Waals surface area (Å²) in [7, 11) is 0. The van der Waals surface area contributed by atoms with Crippen LogP contribution in [0.15, 0.2) is 48.5 Å². The first-order valence-electron chi connectivity index (χ1n) is 11.4.